The fourth-order valence-corrected chi connectivity index (χ4v) is 1.70. The van der Waals surface area contributed by atoms with E-state index in [1.807, 2.05) is 0 Å². The lowest BCUT2D eigenvalue weighted by Crippen LogP contribution is -2.30. The number of Topliss-reactive ketones (excluding diaryl/α,β-unsaturated/α-hetero) is 1. The minimum atomic E-state index is 0.0887. The van der Waals surface area contributed by atoms with E-state index in [9.17, 15) is 4.79 Å². The summed E-state index contributed by atoms with van der Waals surface area (Å²) in [5, 5.41) is 0. The number of hydrogen-bond acceptors (Lipinski definition) is 2. The Morgan fingerprint density at radius 3 is 2.83 bits per heavy atom. The molecular formula is C10H15NO. The molecule has 2 nitrogen and oxygen atoms in total. The summed E-state index contributed by atoms with van der Waals surface area (Å²) in [6.45, 7) is 1.75. The van der Waals surface area contributed by atoms with E-state index in [-0.39, 0.29) is 17.7 Å². The Morgan fingerprint density at radius 2 is 2.33 bits per heavy atom. The van der Waals surface area contributed by atoms with E-state index in [1.54, 1.807) is 6.92 Å². The molecule has 1 aliphatic carbocycles. The van der Waals surface area contributed by atoms with E-state index in [0.29, 0.717) is 6.42 Å². The van der Waals surface area contributed by atoms with E-state index >= 15 is 0 Å². The Labute approximate surface area is 73.5 Å². The molecule has 1 fully saturated rings. The van der Waals surface area contributed by atoms with Crippen molar-refractivity contribution in [1.82, 2.24) is 0 Å². The van der Waals surface area contributed by atoms with Crippen molar-refractivity contribution in [1.29, 1.82) is 0 Å². The minimum Gasteiger partial charge on any atom is -0.327 e. The van der Waals surface area contributed by atoms with Crippen molar-refractivity contribution >= 4 is 5.78 Å². The lowest BCUT2D eigenvalue weighted by Gasteiger charge is -2.11. The summed E-state index contributed by atoms with van der Waals surface area (Å²) >= 11 is 0. The molecule has 2 unspecified atom stereocenters. The first kappa shape index (κ1) is 9.28. The lowest BCUT2D eigenvalue weighted by molar-refractivity contribution is -0.122. The summed E-state index contributed by atoms with van der Waals surface area (Å²) in [7, 11) is 0. The van der Waals surface area contributed by atoms with Crippen LogP contribution in [0, 0.1) is 17.8 Å². The molecule has 0 heterocycles. The molecule has 0 aromatic rings. The molecule has 2 atom stereocenters. The molecule has 66 valence electrons. The summed E-state index contributed by atoms with van der Waals surface area (Å²) in [4.78, 5) is 11.4. The zero-order chi connectivity index (χ0) is 8.97. The molecule has 0 radical (unpaired) electrons. The summed E-state index contributed by atoms with van der Waals surface area (Å²) < 4.78 is 0. The van der Waals surface area contributed by atoms with E-state index in [1.165, 1.54) is 0 Å². The fraction of sp³-hybridized carbons (Fsp3) is 0.700. The first-order chi connectivity index (χ1) is 5.75. The highest BCUT2D eigenvalue weighted by atomic mass is 16.1. The molecule has 0 saturated heterocycles. The Morgan fingerprint density at radius 1 is 1.58 bits per heavy atom. The van der Waals surface area contributed by atoms with Crippen LogP contribution in [0.15, 0.2) is 0 Å². The van der Waals surface area contributed by atoms with Crippen LogP contribution in [0.2, 0.25) is 0 Å². The molecule has 0 amide bonds. The Balaban J connectivity index is 2.44. The second kappa shape index (κ2) is 4.27. The van der Waals surface area contributed by atoms with E-state index < -0.39 is 0 Å². The average Bonchev–Trinajstić information content (AvgIpc) is 2.47. The van der Waals surface area contributed by atoms with Gasteiger partial charge in [-0.1, -0.05) is 12.3 Å². The highest BCUT2D eigenvalue weighted by Gasteiger charge is 2.29. The molecule has 2 N–H and O–H groups in total. The van der Waals surface area contributed by atoms with Crippen LogP contribution in [0.25, 0.3) is 0 Å². The predicted octanol–water partition coefficient (Wildman–Crippen LogP) is 1.10. The Kier molecular flexibility index (Phi) is 3.31. The maximum absolute atomic E-state index is 11.4. The highest BCUT2D eigenvalue weighted by molar-refractivity contribution is 5.84. The van der Waals surface area contributed by atoms with E-state index in [2.05, 4.69) is 11.8 Å². The largest absolute Gasteiger partial charge is 0.327 e. The van der Waals surface area contributed by atoms with Gasteiger partial charge in [-0.15, -0.1) is 5.92 Å². The molecule has 2 heteroatoms. The van der Waals surface area contributed by atoms with E-state index in [0.717, 1.165) is 19.3 Å². The summed E-state index contributed by atoms with van der Waals surface area (Å²) in [6, 6.07) is 0.0937. The monoisotopic (exact) mass is 165 g/mol. The summed E-state index contributed by atoms with van der Waals surface area (Å²) in [5.41, 5.74) is 5.78. The van der Waals surface area contributed by atoms with Crippen molar-refractivity contribution in [3.8, 4) is 11.8 Å². The van der Waals surface area contributed by atoms with Gasteiger partial charge >= 0.3 is 0 Å². The van der Waals surface area contributed by atoms with Crippen LogP contribution in [0.3, 0.4) is 0 Å². The molecule has 0 aromatic heterocycles. The highest BCUT2D eigenvalue weighted by Crippen LogP contribution is 2.25. The molecule has 0 spiro atoms. The van der Waals surface area contributed by atoms with Gasteiger partial charge in [0.15, 0.2) is 0 Å². The first-order valence-corrected chi connectivity index (χ1v) is 4.43. The van der Waals surface area contributed by atoms with Crippen LogP contribution < -0.4 is 5.73 Å². The number of hydrogen-bond donors (Lipinski definition) is 1. The third-order valence-corrected chi connectivity index (χ3v) is 2.42. The molecule has 0 aliphatic heterocycles. The molecule has 1 saturated carbocycles. The zero-order valence-electron chi connectivity index (χ0n) is 7.47. The van der Waals surface area contributed by atoms with Gasteiger partial charge in [-0.3, -0.25) is 4.79 Å². The van der Waals surface area contributed by atoms with Crippen molar-refractivity contribution < 1.29 is 4.79 Å². The zero-order valence-corrected chi connectivity index (χ0v) is 7.47. The van der Waals surface area contributed by atoms with Gasteiger partial charge in [0.05, 0.1) is 6.42 Å². The number of carbonyl (C=O) groups is 1. The number of carbonyl (C=O) groups excluding carboxylic acids is 1. The molecule has 1 aliphatic rings. The van der Waals surface area contributed by atoms with Crippen LogP contribution in [-0.4, -0.2) is 11.8 Å². The molecule has 1 rings (SSSR count). The third kappa shape index (κ3) is 2.09. The van der Waals surface area contributed by atoms with Crippen molar-refractivity contribution in [3.63, 3.8) is 0 Å². The third-order valence-electron chi connectivity index (χ3n) is 2.42. The van der Waals surface area contributed by atoms with Crippen molar-refractivity contribution in [2.45, 2.75) is 38.6 Å². The standard InChI is InChI=1S/C10H15NO/c1-2-3-7-10(12)8-5-4-6-9(8)11/h8-9H,4-7,11H2,1H3. The molecule has 0 aromatic carbocycles. The maximum atomic E-state index is 11.4. The molecule has 12 heavy (non-hydrogen) atoms. The molecular weight excluding hydrogens is 150 g/mol. The van der Waals surface area contributed by atoms with Gasteiger partial charge in [0, 0.05) is 12.0 Å². The van der Waals surface area contributed by atoms with Gasteiger partial charge in [-0.25, -0.2) is 0 Å². The van der Waals surface area contributed by atoms with Crippen molar-refractivity contribution in [3.05, 3.63) is 0 Å². The topological polar surface area (TPSA) is 43.1 Å². The maximum Gasteiger partial charge on any atom is 0.149 e. The number of nitrogens with two attached hydrogens (primary N) is 1. The van der Waals surface area contributed by atoms with Crippen LogP contribution in [0.5, 0.6) is 0 Å². The number of rotatable bonds is 2. The first-order valence-electron chi connectivity index (χ1n) is 4.43. The second-order valence-electron chi connectivity index (χ2n) is 3.27. The quantitative estimate of drug-likeness (QED) is 0.622. The van der Waals surface area contributed by atoms with Gasteiger partial charge in [-0.05, 0) is 19.8 Å². The van der Waals surface area contributed by atoms with E-state index in [4.69, 9.17) is 5.73 Å². The van der Waals surface area contributed by atoms with Crippen molar-refractivity contribution in [2.75, 3.05) is 0 Å². The SMILES string of the molecule is CC#CCC(=O)C1CCCC1N. The molecule has 0 bridgehead atoms. The Bertz CT molecular complexity index is 224. The van der Waals surface area contributed by atoms with Gasteiger partial charge < -0.3 is 5.73 Å². The average molecular weight is 165 g/mol. The van der Waals surface area contributed by atoms with Gasteiger partial charge in [-0.2, -0.15) is 0 Å². The fourth-order valence-electron chi connectivity index (χ4n) is 1.70. The normalized spacial score (nSPS) is 27.8. The van der Waals surface area contributed by atoms with Gasteiger partial charge in [0.2, 0.25) is 0 Å². The lowest BCUT2D eigenvalue weighted by atomic mass is 9.97. The van der Waals surface area contributed by atoms with Gasteiger partial charge in [0.25, 0.3) is 0 Å². The second-order valence-corrected chi connectivity index (χ2v) is 3.27. The van der Waals surface area contributed by atoms with Crippen LogP contribution >= 0.6 is 0 Å². The number of ketones is 1. The van der Waals surface area contributed by atoms with Crippen LogP contribution in [-0.2, 0) is 4.79 Å². The van der Waals surface area contributed by atoms with Crippen molar-refractivity contribution in [2.24, 2.45) is 11.7 Å². The predicted molar refractivity (Wildman–Crippen MR) is 48.4 cm³/mol. The Hall–Kier alpha value is -0.810. The smallest absolute Gasteiger partial charge is 0.149 e. The summed E-state index contributed by atoms with van der Waals surface area (Å²) in [5.74, 6) is 5.84. The van der Waals surface area contributed by atoms with Crippen LogP contribution in [0.1, 0.15) is 32.6 Å². The van der Waals surface area contributed by atoms with Crippen LogP contribution in [0.4, 0.5) is 0 Å². The summed E-state index contributed by atoms with van der Waals surface area (Å²) in [6.07, 6.45) is 3.44. The minimum absolute atomic E-state index is 0.0887. The van der Waals surface area contributed by atoms with Gasteiger partial charge in [0.1, 0.15) is 5.78 Å².